The average molecular weight is 302 g/mol. The highest BCUT2D eigenvalue weighted by molar-refractivity contribution is 5.93. The van der Waals surface area contributed by atoms with Gasteiger partial charge in [0, 0.05) is 30.7 Å². The Morgan fingerprint density at radius 1 is 1.55 bits per heavy atom. The smallest absolute Gasteiger partial charge is 0.257 e. The van der Waals surface area contributed by atoms with E-state index in [2.05, 4.69) is 20.2 Å². The highest BCUT2D eigenvalue weighted by Crippen LogP contribution is 2.23. The van der Waals surface area contributed by atoms with Crippen LogP contribution in [-0.2, 0) is 9.53 Å². The van der Waals surface area contributed by atoms with Crippen LogP contribution in [-0.4, -0.2) is 48.8 Å². The third-order valence-electron chi connectivity index (χ3n) is 3.52. The predicted octanol–water partition coefficient (Wildman–Crippen LogP) is 1.26. The van der Waals surface area contributed by atoms with Crippen LogP contribution in [0.2, 0.25) is 0 Å². The summed E-state index contributed by atoms with van der Waals surface area (Å²) in [7, 11) is 1.64. The molecule has 1 aromatic carbocycles. The third-order valence-corrected chi connectivity index (χ3v) is 3.52. The van der Waals surface area contributed by atoms with Gasteiger partial charge in [0.05, 0.1) is 20.3 Å². The standard InChI is InChI=1S/C15H18N4O3/c1-21-12-4-2-3-11(9-12)19-7-8-22-13(10-19)14(20)18-15-16-5-6-17-15/h2-6,9,13H,7-8,10H2,1H3,(H2,16,17,18,20)/t13-/m1/s1. The number of hydrogen-bond donors (Lipinski definition) is 2. The molecule has 7 nitrogen and oxygen atoms in total. The van der Waals surface area contributed by atoms with E-state index in [1.807, 2.05) is 24.3 Å². The molecule has 0 unspecified atom stereocenters. The molecular formula is C15H18N4O3. The number of anilines is 2. The molecule has 2 heterocycles. The van der Waals surface area contributed by atoms with Crippen molar-refractivity contribution >= 4 is 17.5 Å². The van der Waals surface area contributed by atoms with Crippen LogP contribution in [0.1, 0.15) is 0 Å². The molecule has 1 amide bonds. The van der Waals surface area contributed by atoms with E-state index in [0.29, 0.717) is 19.1 Å². The molecule has 1 aromatic heterocycles. The maximum Gasteiger partial charge on any atom is 0.257 e. The second-order valence-electron chi connectivity index (χ2n) is 4.93. The van der Waals surface area contributed by atoms with E-state index >= 15 is 0 Å². The molecule has 3 rings (SSSR count). The Hall–Kier alpha value is -2.54. The molecule has 0 bridgehead atoms. The first-order chi connectivity index (χ1) is 10.8. The summed E-state index contributed by atoms with van der Waals surface area (Å²) in [6.07, 6.45) is 2.70. The number of carbonyl (C=O) groups is 1. The second kappa shape index (κ2) is 6.48. The van der Waals surface area contributed by atoms with E-state index in [-0.39, 0.29) is 5.91 Å². The number of nitrogens with zero attached hydrogens (tertiary/aromatic N) is 2. The van der Waals surface area contributed by atoms with Crippen molar-refractivity contribution in [3.8, 4) is 5.75 Å². The monoisotopic (exact) mass is 302 g/mol. The lowest BCUT2D eigenvalue weighted by molar-refractivity contribution is -0.128. The van der Waals surface area contributed by atoms with Gasteiger partial charge in [-0.3, -0.25) is 10.1 Å². The fourth-order valence-electron chi connectivity index (χ4n) is 2.38. The molecule has 0 saturated carbocycles. The van der Waals surface area contributed by atoms with Gasteiger partial charge >= 0.3 is 0 Å². The van der Waals surface area contributed by atoms with Crippen molar-refractivity contribution in [2.24, 2.45) is 0 Å². The summed E-state index contributed by atoms with van der Waals surface area (Å²) in [5, 5.41) is 2.70. The van der Waals surface area contributed by atoms with Gasteiger partial charge in [0.1, 0.15) is 5.75 Å². The first-order valence-corrected chi connectivity index (χ1v) is 7.07. The molecule has 7 heteroatoms. The fourth-order valence-corrected chi connectivity index (χ4v) is 2.38. The largest absolute Gasteiger partial charge is 0.497 e. The number of amides is 1. The highest BCUT2D eigenvalue weighted by Gasteiger charge is 2.27. The van der Waals surface area contributed by atoms with Crippen LogP contribution in [0.4, 0.5) is 11.6 Å². The van der Waals surface area contributed by atoms with Gasteiger partial charge in [-0.2, -0.15) is 0 Å². The summed E-state index contributed by atoms with van der Waals surface area (Å²) in [4.78, 5) is 21.1. The lowest BCUT2D eigenvalue weighted by atomic mass is 10.2. The summed E-state index contributed by atoms with van der Waals surface area (Å²) in [5.74, 6) is 1.01. The zero-order valence-electron chi connectivity index (χ0n) is 12.3. The van der Waals surface area contributed by atoms with Gasteiger partial charge in [-0.1, -0.05) is 6.07 Å². The quantitative estimate of drug-likeness (QED) is 0.889. The van der Waals surface area contributed by atoms with Crippen LogP contribution < -0.4 is 15.0 Å². The van der Waals surface area contributed by atoms with Crippen LogP contribution in [0.15, 0.2) is 36.7 Å². The van der Waals surface area contributed by atoms with Gasteiger partial charge < -0.3 is 19.4 Å². The maximum absolute atomic E-state index is 12.2. The summed E-state index contributed by atoms with van der Waals surface area (Å²) >= 11 is 0. The molecule has 116 valence electrons. The summed E-state index contributed by atoms with van der Waals surface area (Å²) < 4.78 is 10.8. The number of benzene rings is 1. The van der Waals surface area contributed by atoms with Crippen LogP contribution in [0, 0.1) is 0 Å². The van der Waals surface area contributed by atoms with E-state index in [4.69, 9.17) is 9.47 Å². The molecule has 2 N–H and O–H groups in total. The summed E-state index contributed by atoms with van der Waals surface area (Å²) in [6, 6.07) is 7.77. The first kappa shape index (κ1) is 14.4. The number of hydrogen-bond acceptors (Lipinski definition) is 5. The van der Waals surface area contributed by atoms with Crippen molar-refractivity contribution < 1.29 is 14.3 Å². The molecule has 0 radical (unpaired) electrons. The van der Waals surface area contributed by atoms with E-state index in [0.717, 1.165) is 18.0 Å². The Balaban J connectivity index is 1.67. The van der Waals surface area contributed by atoms with Crippen molar-refractivity contribution in [1.29, 1.82) is 0 Å². The van der Waals surface area contributed by atoms with Crippen LogP contribution in [0.5, 0.6) is 5.75 Å². The first-order valence-electron chi connectivity index (χ1n) is 7.07. The number of methoxy groups -OCH3 is 1. The number of imidazole rings is 1. The van der Waals surface area contributed by atoms with E-state index in [1.54, 1.807) is 19.5 Å². The van der Waals surface area contributed by atoms with Crippen molar-refractivity contribution in [2.75, 3.05) is 37.0 Å². The number of aromatic nitrogens is 2. The molecule has 1 aliphatic heterocycles. The van der Waals surface area contributed by atoms with E-state index in [9.17, 15) is 4.79 Å². The van der Waals surface area contributed by atoms with Gasteiger partial charge in [-0.05, 0) is 12.1 Å². The topological polar surface area (TPSA) is 79.5 Å². The molecule has 0 aliphatic carbocycles. The molecule has 0 spiro atoms. The minimum atomic E-state index is -0.537. The Kier molecular flexibility index (Phi) is 4.24. The fraction of sp³-hybridized carbons (Fsp3) is 0.333. The zero-order valence-corrected chi connectivity index (χ0v) is 12.3. The lowest BCUT2D eigenvalue weighted by Crippen LogP contribution is -2.48. The number of morpholine rings is 1. The molecule has 22 heavy (non-hydrogen) atoms. The van der Waals surface area contributed by atoms with Gasteiger partial charge in [-0.15, -0.1) is 0 Å². The normalized spacial score (nSPS) is 18.0. The number of aromatic amines is 1. The van der Waals surface area contributed by atoms with Crippen LogP contribution >= 0.6 is 0 Å². The SMILES string of the molecule is COc1cccc(N2CCO[C@@H](C(=O)Nc3ncc[nH]3)C2)c1. The van der Waals surface area contributed by atoms with E-state index < -0.39 is 6.10 Å². The average Bonchev–Trinajstić information content (AvgIpc) is 3.08. The Morgan fingerprint density at radius 2 is 2.45 bits per heavy atom. The number of H-pyrrole nitrogens is 1. The van der Waals surface area contributed by atoms with Crippen molar-refractivity contribution in [2.45, 2.75) is 6.10 Å². The lowest BCUT2D eigenvalue weighted by Gasteiger charge is -2.33. The van der Waals surface area contributed by atoms with Crippen molar-refractivity contribution in [1.82, 2.24) is 9.97 Å². The number of ether oxygens (including phenoxy) is 2. The molecule has 1 atom stereocenters. The Bertz CT molecular complexity index is 629. The van der Waals surface area contributed by atoms with Crippen LogP contribution in [0.3, 0.4) is 0 Å². The molecule has 1 aliphatic rings. The minimum absolute atomic E-state index is 0.206. The Morgan fingerprint density at radius 3 is 3.23 bits per heavy atom. The molecule has 2 aromatic rings. The second-order valence-corrected chi connectivity index (χ2v) is 4.93. The maximum atomic E-state index is 12.2. The number of nitrogens with one attached hydrogen (secondary N) is 2. The van der Waals surface area contributed by atoms with Gasteiger partial charge in [0.15, 0.2) is 6.10 Å². The van der Waals surface area contributed by atoms with Gasteiger partial charge in [0.25, 0.3) is 5.91 Å². The molecule has 1 saturated heterocycles. The number of rotatable bonds is 4. The summed E-state index contributed by atoms with van der Waals surface area (Å²) in [5.41, 5.74) is 1.01. The van der Waals surface area contributed by atoms with Crippen LogP contribution in [0.25, 0.3) is 0 Å². The molecule has 1 fully saturated rings. The molecular weight excluding hydrogens is 284 g/mol. The van der Waals surface area contributed by atoms with Gasteiger partial charge in [0.2, 0.25) is 5.95 Å². The number of carbonyl (C=O) groups excluding carboxylic acids is 1. The zero-order chi connectivity index (χ0) is 15.4. The Labute approximate surface area is 128 Å². The van der Waals surface area contributed by atoms with Crippen molar-refractivity contribution in [3.05, 3.63) is 36.7 Å². The van der Waals surface area contributed by atoms with Gasteiger partial charge in [-0.25, -0.2) is 4.98 Å². The summed E-state index contributed by atoms with van der Waals surface area (Å²) in [6.45, 7) is 1.71. The highest BCUT2D eigenvalue weighted by atomic mass is 16.5. The van der Waals surface area contributed by atoms with Crippen molar-refractivity contribution in [3.63, 3.8) is 0 Å². The third kappa shape index (κ3) is 3.20. The minimum Gasteiger partial charge on any atom is -0.497 e. The predicted molar refractivity (Wildman–Crippen MR) is 82.2 cm³/mol. The van der Waals surface area contributed by atoms with E-state index in [1.165, 1.54) is 0 Å².